The van der Waals surface area contributed by atoms with Gasteiger partial charge in [-0.2, -0.15) is 0 Å². The van der Waals surface area contributed by atoms with Gasteiger partial charge in [-0.25, -0.2) is 0 Å². The Labute approximate surface area is 128 Å². The lowest BCUT2D eigenvalue weighted by atomic mass is 9.66. The molecule has 2 fully saturated rings. The predicted octanol–water partition coefficient (Wildman–Crippen LogP) is 2.80. The van der Waals surface area contributed by atoms with Crippen molar-refractivity contribution in [1.82, 2.24) is 5.32 Å². The summed E-state index contributed by atoms with van der Waals surface area (Å²) in [5.74, 6) is 5.21. The van der Waals surface area contributed by atoms with Gasteiger partial charge in [0.2, 0.25) is 0 Å². The van der Waals surface area contributed by atoms with Crippen LogP contribution in [0.15, 0.2) is 24.3 Å². The average Bonchev–Trinajstić information content (AvgIpc) is 2.47. The summed E-state index contributed by atoms with van der Waals surface area (Å²) in [4.78, 5) is 0. The fourth-order valence-corrected chi connectivity index (χ4v) is 3.96. The van der Waals surface area contributed by atoms with Crippen molar-refractivity contribution >= 4 is 0 Å². The number of hydrogen-bond acceptors (Lipinski definition) is 2. The summed E-state index contributed by atoms with van der Waals surface area (Å²) in [7, 11) is 0. The Kier molecular flexibility index (Phi) is 5.68. The van der Waals surface area contributed by atoms with Crippen LogP contribution in [0, 0.1) is 30.6 Å². The van der Waals surface area contributed by atoms with Crippen LogP contribution in [0.4, 0.5) is 0 Å². The molecule has 0 aromatic carbocycles. The molecule has 4 atom stereocenters. The fraction of sp³-hybridized carbons (Fsp3) is 0.579. The lowest BCUT2D eigenvalue weighted by molar-refractivity contribution is 0.00394. The second kappa shape index (κ2) is 7.51. The van der Waals surface area contributed by atoms with Crippen LogP contribution in [0.3, 0.4) is 0 Å². The lowest BCUT2D eigenvalue weighted by Crippen LogP contribution is -2.61. The molecular formula is C19H25NO. The molecule has 0 aromatic rings. The molecule has 2 N–H and O–H groups in total. The van der Waals surface area contributed by atoms with Crippen molar-refractivity contribution < 1.29 is 5.11 Å². The molecule has 0 radical (unpaired) electrons. The normalized spacial score (nSPS) is 36.8. The molecule has 2 aliphatic rings. The molecule has 0 amide bonds. The SMILES string of the molecule is C#C/C=C\C[C@@H]1CCCC2(CCC[C@@H](O)[C@H]2/C=C\C#C)N1. The van der Waals surface area contributed by atoms with E-state index < -0.39 is 0 Å². The minimum atomic E-state index is -0.296. The Morgan fingerprint density at radius 3 is 2.57 bits per heavy atom. The summed E-state index contributed by atoms with van der Waals surface area (Å²) >= 11 is 0. The van der Waals surface area contributed by atoms with E-state index in [0.29, 0.717) is 6.04 Å². The first-order valence-corrected chi connectivity index (χ1v) is 7.91. The first kappa shape index (κ1) is 15.9. The molecular weight excluding hydrogens is 258 g/mol. The standard InChI is InChI=1S/C19H25NO/c1-3-5-7-10-16-11-8-14-19(20-16)15-9-13-18(21)17(19)12-6-4-2/h1-2,5-7,12,16-18,20-21H,8-11,13-15H2/b7-5-,12-6-/t16-,17-,18-,19?/m1/s1. The van der Waals surface area contributed by atoms with E-state index >= 15 is 0 Å². The van der Waals surface area contributed by atoms with Gasteiger partial charge >= 0.3 is 0 Å². The molecule has 0 aromatic heterocycles. The quantitative estimate of drug-likeness (QED) is 0.781. The van der Waals surface area contributed by atoms with E-state index in [1.54, 1.807) is 12.2 Å². The second-order valence-corrected chi connectivity index (χ2v) is 6.21. The van der Waals surface area contributed by atoms with Crippen LogP contribution in [-0.4, -0.2) is 22.8 Å². The highest BCUT2D eigenvalue weighted by molar-refractivity contribution is 5.18. The van der Waals surface area contributed by atoms with Crippen molar-refractivity contribution in [3.05, 3.63) is 24.3 Å². The third-order valence-corrected chi connectivity index (χ3v) is 4.88. The number of piperidine rings is 1. The zero-order chi connectivity index (χ0) is 15.1. The number of allylic oxidation sites excluding steroid dienone is 2. The maximum absolute atomic E-state index is 10.4. The number of aliphatic hydroxyl groups excluding tert-OH is 1. The third kappa shape index (κ3) is 3.79. The number of rotatable bonds is 3. The summed E-state index contributed by atoms with van der Waals surface area (Å²) in [5, 5.41) is 14.2. The van der Waals surface area contributed by atoms with Gasteiger partial charge in [-0.3, -0.25) is 0 Å². The minimum Gasteiger partial charge on any atom is -0.392 e. The molecule has 1 aliphatic carbocycles. The first-order valence-electron chi connectivity index (χ1n) is 7.91. The lowest BCUT2D eigenvalue weighted by Gasteiger charge is -2.51. The van der Waals surface area contributed by atoms with E-state index in [2.05, 4.69) is 23.2 Å². The van der Waals surface area contributed by atoms with Crippen LogP contribution in [0.5, 0.6) is 0 Å². The smallest absolute Gasteiger partial charge is 0.0620 e. The fourth-order valence-electron chi connectivity index (χ4n) is 3.96. The second-order valence-electron chi connectivity index (χ2n) is 6.21. The van der Waals surface area contributed by atoms with E-state index in [4.69, 9.17) is 12.8 Å². The number of hydrogen-bond donors (Lipinski definition) is 2. The number of nitrogens with one attached hydrogen (secondary N) is 1. The topological polar surface area (TPSA) is 32.3 Å². The van der Waals surface area contributed by atoms with E-state index in [1.807, 2.05) is 6.08 Å². The summed E-state index contributed by atoms with van der Waals surface area (Å²) in [6, 6.07) is 0.440. The van der Waals surface area contributed by atoms with Crippen molar-refractivity contribution in [2.24, 2.45) is 5.92 Å². The Hall–Kier alpha value is -1.48. The molecule has 1 spiro atoms. The minimum absolute atomic E-state index is 0.00207. The van der Waals surface area contributed by atoms with Crippen LogP contribution in [0.2, 0.25) is 0 Å². The Bertz CT molecular complexity index is 475. The van der Waals surface area contributed by atoms with Crippen LogP contribution < -0.4 is 5.32 Å². The summed E-state index contributed by atoms with van der Waals surface area (Å²) in [5.41, 5.74) is -0.00207. The number of terminal acetylenes is 2. The van der Waals surface area contributed by atoms with Gasteiger partial charge in [-0.15, -0.1) is 12.8 Å². The Morgan fingerprint density at radius 1 is 1.14 bits per heavy atom. The third-order valence-electron chi connectivity index (χ3n) is 4.88. The average molecular weight is 283 g/mol. The number of aliphatic hydroxyl groups is 1. The van der Waals surface area contributed by atoms with Crippen LogP contribution >= 0.6 is 0 Å². The van der Waals surface area contributed by atoms with Gasteiger partial charge in [-0.1, -0.05) is 30.4 Å². The van der Waals surface area contributed by atoms with Gasteiger partial charge < -0.3 is 10.4 Å². The molecule has 1 heterocycles. The molecule has 1 saturated heterocycles. The monoisotopic (exact) mass is 283 g/mol. The van der Waals surface area contributed by atoms with Gasteiger partial charge in [-0.05, 0) is 50.7 Å². The molecule has 21 heavy (non-hydrogen) atoms. The van der Waals surface area contributed by atoms with E-state index in [1.165, 1.54) is 12.8 Å². The molecule has 2 rings (SSSR count). The molecule has 0 bridgehead atoms. The highest BCUT2D eigenvalue weighted by Gasteiger charge is 2.45. The molecule has 1 unspecified atom stereocenters. The van der Waals surface area contributed by atoms with Crippen molar-refractivity contribution in [3.63, 3.8) is 0 Å². The molecule has 1 saturated carbocycles. The van der Waals surface area contributed by atoms with Crippen molar-refractivity contribution in [3.8, 4) is 24.7 Å². The van der Waals surface area contributed by atoms with Crippen LogP contribution in [-0.2, 0) is 0 Å². The zero-order valence-electron chi connectivity index (χ0n) is 12.6. The molecule has 2 heteroatoms. The maximum atomic E-state index is 10.4. The maximum Gasteiger partial charge on any atom is 0.0620 e. The van der Waals surface area contributed by atoms with E-state index in [9.17, 15) is 5.11 Å². The molecule has 112 valence electrons. The van der Waals surface area contributed by atoms with Crippen LogP contribution in [0.1, 0.15) is 44.9 Å². The predicted molar refractivity (Wildman–Crippen MR) is 87.4 cm³/mol. The molecule has 1 aliphatic heterocycles. The van der Waals surface area contributed by atoms with Crippen molar-refractivity contribution in [1.29, 1.82) is 0 Å². The van der Waals surface area contributed by atoms with Gasteiger partial charge in [0.1, 0.15) is 0 Å². The van der Waals surface area contributed by atoms with Gasteiger partial charge in [0, 0.05) is 17.5 Å². The van der Waals surface area contributed by atoms with Crippen molar-refractivity contribution in [2.75, 3.05) is 0 Å². The van der Waals surface area contributed by atoms with Crippen LogP contribution in [0.25, 0.3) is 0 Å². The summed E-state index contributed by atoms with van der Waals surface area (Å²) in [6.07, 6.45) is 25.4. The van der Waals surface area contributed by atoms with Crippen molar-refractivity contribution in [2.45, 2.75) is 62.6 Å². The van der Waals surface area contributed by atoms with Gasteiger partial charge in [0.05, 0.1) is 6.10 Å². The molecule has 2 nitrogen and oxygen atoms in total. The van der Waals surface area contributed by atoms with E-state index in [0.717, 1.165) is 32.1 Å². The highest BCUT2D eigenvalue weighted by Crippen LogP contribution is 2.41. The van der Waals surface area contributed by atoms with Gasteiger partial charge in [0.15, 0.2) is 0 Å². The summed E-state index contributed by atoms with van der Waals surface area (Å²) < 4.78 is 0. The first-order chi connectivity index (χ1) is 10.2. The Balaban J connectivity index is 2.13. The summed E-state index contributed by atoms with van der Waals surface area (Å²) in [6.45, 7) is 0. The zero-order valence-corrected chi connectivity index (χ0v) is 12.6. The Morgan fingerprint density at radius 2 is 1.86 bits per heavy atom. The van der Waals surface area contributed by atoms with Gasteiger partial charge in [0.25, 0.3) is 0 Å². The highest BCUT2D eigenvalue weighted by atomic mass is 16.3. The largest absolute Gasteiger partial charge is 0.392 e. The van der Waals surface area contributed by atoms with E-state index in [-0.39, 0.29) is 17.6 Å².